The van der Waals surface area contributed by atoms with Crippen molar-refractivity contribution >= 4 is 10.0 Å². The van der Waals surface area contributed by atoms with Gasteiger partial charge in [0.1, 0.15) is 22.6 Å². The molecule has 1 aromatic heterocycles. The zero-order valence-electron chi connectivity index (χ0n) is 12.6. The van der Waals surface area contributed by atoms with E-state index in [1.54, 1.807) is 18.5 Å². The van der Waals surface area contributed by atoms with Gasteiger partial charge in [0.15, 0.2) is 0 Å². The standard InChI is InChI=1S/C15H15F2N3O3S/c16-11-2-3-14(13(17)10-11)24(21,22)20-8-4-12(5-9-20)23-15-18-6-1-7-19-15/h1-3,6-7,10,12H,4-5,8-9H2. The van der Waals surface area contributed by atoms with E-state index in [1.807, 2.05) is 0 Å². The third kappa shape index (κ3) is 3.51. The number of halogens is 2. The summed E-state index contributed by atoms with van der Waals surface area (Å²) in [6, 6.07) is 4.34. The van der Waals surface area contributed by atoms with Crippen molar-refractivity contribution in [2.75, 3.05) is 13.1 Å². The van der Waals surface area contributed by atoms with Crippen LogP contribution in [-0.4, -0.2) is 41.9 Å². The molecule has 1 aliphatic rings. The minimum Gasteiger partial charge on any atom is -0.460 e. The lowest BCUT2D eigenvalue weighted by molar-refractivity contribution is 0.124. The summed E-state index contributed by atoms with van der Waals surface area (Å²) in [6.45, 7) is 0.354. The van der Waals surface area contributed by atoms with Crippen molar-refractivity contribution in [3.8, 4) is 6.01 Å². The summed E-state index contributed by atoms with van der Waals surface area (Å²) in [7, 11) is -4.00. The Balaban J connectivity index is 1.67. The number of hydrogen-bond acceptors (Lipinski definition) is 5. The summed E-state index contributed by atoms with van der Waals surface area (Å²) in [4.78, 5) is 7.40. The first-order chi connectivity index (χ1) is 11.5. The Labute approximate surface area is 138 Å². The summed E-state index contributed by atoms with van der Waals surface area (Å²) in [5.74, 6) is -1.91. The van der Waals surface area contributed by atoms with E-state index in [4.69, 9.17) is 4.74 Å². The highest BCUT2D eigenvalue weighted by atomic mass is 32.2. The van der Waals surface area contributed by atoms with E-state index < -0.39 is 26.6 Å². The lowest BCUT2D eigenvalue weighted by atomic mass is 10.1. The second-order valence-corrected chi connectivity index (χ2v) is 7.23. The Morgan fingerprint density at radius 2 is 1.79 bits per heavy atom. The van der Waals surface area contributed by atoms with Crippen LogP contribution in [0.3, 0.4) is 0 Å². The maximum absolute atomic E-state index is 13.8. The monoisotopic (exact) mass is 355 g/mol. The van der Waals surface area contributed by atoms with Crippen LogP contribution >= 0.6 is 0 Å². The molecule has 1 aromatic carbocycles. The van der Waals surface area contributed by atoms with Crippen LogP contribution in [0.1, 0.15) is 12.8 Å². The Bertz CT molecular complexity index is 810. The predicted molar refractivity (Wildman–Crippen MR) is 80.8 cm³/mol. The maximum Gasteiger partial charge on any atom is 0.316 e. The molecule has 1 saturated heterocycles. The van der Waals surface area contributed by atoms with Crippen LogP contribution in [0, 0.1) is 11.6 Å². The van der Waals surface area contributed by atoms with Gasteiger partial charge < -0.3 is 4.74 Å². The van der Waals surface area contributed by atoms with Gasteiger partial charge in [-0.2, -0.15) is 4.31 Å². The Hall–Kier alpha value is -2.13. The van der Waals surface area contributed by atoms with Crippen molar-refractivity contribution in [2.45, 2.75) is 23.8 Å². The van der Waals surface area contributed by atoms with Crippen LogP contribution in [0.15, 0.2) is 41.6 Å². The molecule has 2 heterocycles. The van der Waals surface area contributed by atoms with Crippen LogP contribution < -0.4 is 4.74 Å². The number of hydrogen-bond donors (Lipinski definition) is 0. The zero-order chi connectivity index (χ0) is 17.2. The molecule has 0 N–H and O–H groups in total. The number of piperidine rings is 1. The van der Waals surface area contributed by atoms with Gasteiger partial charge in [0.25, 0.3) is 0 Å². The fraction of sp³-hybridized carbons (Fsp3) is 0.333. The Kier molecular flexibility index (Phi) is 4.72. The van der Waals surface area contributed by atoms with E-state index in [9.17, 15) is 17.2 Å². The Morgan fingerprint density at radius 1 is 1.12 bits per heavy atom. The fourth-order valence-corrected chi connectivity index (χ4v) is 4.02. The molecule has 0 amide bonds. The number of sulfonamides is 1. The minimum atomic E-state index is -4.00. The molecule has 128 valence electrons. The van der Waals surface area contributed by atoms with E-state index >= 15 is 0 Å². The molecule has 0 spiro atoms. The number of ether oxygens (including phenoxy) is 1. The summed E-state index contributed by atoms with van der Waals surface area (Å²) in [5, 5.41) is 0. The quantitative estimate of drug-likeness (QED) is 0.839. The van der Waals surface area contributed by atoms with Gasteiger partial charge in [-0.05, 0) is 31.0 Å². The highest BCUT2D eigenvalue weighted by Gasteiger charge is 2.32. The molecule has 24 heavy (non-hydrogen) atoms. The maximum atomic E-state index is 13.8. The number of benzene rings is 1. The van der Waals surface area contributed by atoms with Crippen molar-refractivity contribution in [1.82, 2.24) is 14.3 Å². The van der Waals surface area contributed by atoms with Gasteiger partial charge in [-0.3, -0.25) is 0 Å². The van der Waals surface area contributed by atoms with Gasteiger partial charge in [-0.15, -0.1) is 0 Å². The predicted octanol–water partition coefficient (Wildman–Crippen LogP) is 1.99. The van der Waals surface area contributed by atoms with Crippen molar-refractivity contribution in [2.24, 2.45) is 0 Å². The molecule has 0 atom stereocenters. The van der Waals surface area contributed by atoms with Crippen LogP contribution in [0.4, 0.5) is 8.78 Å². The third-order valence-corrected chi connectivity index (χ3v) is 5.66. The van der Waals surface area contributed by atoms with Crippen LogP contribution in [0.2, 0.25) is 0 Å². The fourth-order valence-electron chi connectivity index (χ4n) is 2.51. The van der Waals surface area contributed by atoms with E-state index in [2.05, 4.69) is 9.97 Å². The van der Waals surface area contributed by atoms with Crippen molar-refractivity contribution < 1.29 is 21.9 Å². The van der Waals surface area contributed by atoms with Crippen molar-refractivity contribution in [3.63, 3.8) is 0 Å². The molecule has 9 heteroatoms. The van der Waals surface area contributed by atoms with Gasteiger partial charge in [0, 0.05) is 31.5 Å². The van der Waals surface area contributed by atoms with E-state index in [0.29, 0.717) is 18.9 Å². The van der Waals surface area contributed by atoms with Gasteiger partial charge in [-0.25, -0.2) is 27.2 Å². The molecule has 0 saturated carbocycles. The van der Waals surface area contributed by atoms with E-state index in [0.717, 1.165) is 12.1 Å². The molecular formula is C15H15F2N3O3S. The molecule has 1 fully saturated rings. The van der Waals surface area contributed by atoms with Gasteiger partial charge in [0.05, 0.1) is 0 Å². The molecule has 0 unspecified atom stereocenters. The second-order valence-electron chi connectivity index (χ2n) is 5.33. The van der Waals surface area contributed by atoms with Crippen molar-refractivity contribution in [1.29, 1.82) is 0 Å². The first kappa shape index (κ1) is 16.7. The highest BCUT2D eigenvalue weighted by molar-refractivity contribution is 7.89. The zero-order valence-corrected chi connectivity index (χ0v) is 13.4. The number of nitrogens with zero attached hydrogens (tertiary/aromatic N) is 3. The van der Waals surface area contributed by atoms with Gasteiger partial charge in [-0.1, -0.05) is 0 Å². The average molecular weight is 355 g/mol. The van der Waals surface area contributed by atoms with Crippen molar-refractivity contribution in [3.05, 3.63) is 48.3 Å². The van der Waals surface area contributed by atoms with E-state index in [-0.39, 0.29) is 25.2 Å². The summed E-state index contributed by atoms with van der Waals surface area (Å²) in [5.41, 5.74) is 0. The largest absolute Gasteiger partial charge is 0.460 e. The average Bonchev–Trinajstić information content (AvgIpc) is 2.56. The minimum absolute atomic E-state index is 0.177. The molecule has 1 aliphatic heterocycles. The molecular weight excluding hydrogens is 340 g/mol. The van der Waals surface area contributed by atoms with Crippen LogP contribution in [0.5, 0.6) is 6.01 Å². The third-order valence-electron chi connectivity index (χ3n) is 3.73. The first-order valence-corrected chi connectivity index (χ1v) is 8.80. The summed E-state index contributed by atoms with van der Waals surface area (Å²) in [6.07, 6.45) is 3.76. The molecule has 6 nitrogen and oxygen atoms in total. The second kappa shape index (κ2) is 6.78. The van der Waals surface area contributed by atoms with Crippen LogP contribution in [-0.2, 0) is 10.0 Å². The summed E-state index contributed by atoms with van der Waals surface area (Å²) < 4.78 is 58.5. The number of rotatable bonds is 4. The van der Waals surface area contributed by atoms with Gasteiger partial charge >= 0.3 is 6.01 Å². The molecule has 0 radical (unpaired) electrons. The summed E-state index contributed by atoms with van der Waals surface area (Å²) >= 11 is 0. The molecule has 3 rings (SSSR count). The SMILES string of the molecule is O=S(=O)(c1ccc(F)cc1F)N1CCC(Oc2ncccn2)CC1. The lowest BCUT2D eigenvalue weighted by Crippen LogP contribution is -2.42. The molecule has 0 bridgehead atoms. The molecule has 2 aromatic rings. The normalized spacial score (nSPS) is 16.9. The highest BCUT2D eigenvalue weighted by Crippen LogP contribution is 2.24. The van der Waals surface area contributed by atoms with E-state index in [1.165, 1.54) is 4.31 Å². The topological polar surface area (TPSA) is 72.4 Å². The smallest absolute Gasteiger partial charge is 0.316 e. The van der Waals surface area contributed by atoms with Gasteiger partial charge in [0.2, 0.25) is 10.0 Å². The van der Waals surface area contributed by atoms with Crippen LogP contribution in [0.25, 0.3) is 0 Å². The Morgan fingerprint density at radius 3 is 2.42 bits per heavy atom. The number of aromatic nitrogens is 2. The lowest BCUT2D eigenvalue weighted by Gasteiger charge is -2.30. The first-order valence-electron chi connectivity index (χ1n) is 7.36. The molecule has 0 aliphatic carbocycles.